The van der Waals surface area contributed by atoms with Gasteiger partial charge in [0.05, 0.1) is 0 Å². The van der Waals surface area contributed by atoms with Crippen LogP contribution in [0.5, 0.6) is 0 Å². The monoisotopic (exact) mass is 985 g/mol. The molecular weight excluding hydrogens is 935 g/mol. The number of hydrogen-bond donors (Lipinski definition) is 0. The number of rotatable bonds is 6. The van der Waals surface area contributed by atoms with Crippen molar-refractivity contribution in [3.05, 3.63) is 222 Å². The van der Waals surface area contributed by atoms with Gasteiger partial charge in [0.1, 0.15) is 0 Å². The summed E-state index contributed by atoms with van der Waals surface area (Å²) in [5.41, 5.74) is 17.4. The number of hydrogen-bond acceptors (Lipinski definition) is 1. The summed E-state index contributed by atoms with van der Waals surface area (Å²) in [6.07, 6.45) is 4.43. The van der Waals surface area contributed by atoms with Crippen molar-refractivity contribution in [2.24, 2.45) is 71.0 Å². The predicted molar refractivity (Wildman–Crippen MR) is 300 cm³/mol. The minimum absolute atomic E-state index is 0.106. The molecule has 13 unspecified atom stereocenters. The number of halogens is 1. The first-order valence-electron chi connectivity index (χ1n) is 27.1. The van der Waals surface area contributed by atoms with Crippen molar-refractivity contribution >= 4 is 65.3 Å². The van der Waals surface area contributed by atoms with Crippen LogP contribution in [0.15, 0.2) is 211 Å². The van der Waals surface area contributed by atoms with Gasteiger partial charge in [-0.2, -0.15) is 0 Å². The Balaban J connectivity index is 0.757. The van der Waals surface area contributed by atoms with Crippen LogP contribution in [0.2, 0.25) is 0 Å². The maximum Gasteiger partial charge on any atom is 0.0462 e. The van der Waals surface area contributed by atoms with E-state index in [4.69, 9.17) is 0 Å². The van der Waals surface area contributed by atoms with Crippen molar-refractivity contribution in [2.75, 3.05) is 4.90 Å². The molecule has 0 bridgehead atoms. The van der Waals surface area contributed by atoms with Gasteiger partial charge in [-0.25, -0.2) is 0 Å². The van der Waals surface area contributed by atoms with Gasteiger partial charge in [-0.3, -0.25) is 0 Å². The second-order valence-electron chi connectivity index (χ2n) is 23.5. The van der Waals surface area contributed by atoms with E-state index in [-0.39, 0.29) is 5.41 Å². The van der Waals surface area contributed by atoms with E-state index in [1.807, 2.05) is 0 Å². The van der Waals surface area contributed by atoms with E-state index in [0.717, 1.165) is 92.5 Å². The van der Waals surface area contributed by atoms with Gasteiger partial charge in [-0.05, 0) is 227 Å². The Morgan fingerprint density at radius 2 is 0.861 bits per heavy atom. The van der Waals surface area contributed by atoms with Gasteiger partial charge >= 0.3 is 0 Å². The highest BCUT2D eigenvalue weighted by Crippen LogP contribution is 2.93. The molecule has 7 fully saturated rings. The van der Waals surface area contributed by atoms with Crippen LogP contribution in [-0.4, -0.2) is 0 Å². The molecule has 0 aliphatic heterocycles. The van der Waals surface area contributed by atoms with E-state index in [1.54, 1.807) is 29.5 Å². The van der Waals surface area contributed by atoms with E-state index >= 15 is 0 Å². The standard InChI is InChI=1S/C70H52BrN/c71-58-35-33-46(48-14-6-8-16-50(48)58)41-20-27-44(28-21-41)72(43-25-18-39(19-26-43)38-10-2-1-3-11-38)45-29-22-42(23-30-45)54-36-57-60(51-17-9-7-15-49(51)54)59-47-13-5-4-12-40(47)24-34-56(59)70(57)37-55-63-66-64-61-52-31-32-53(52)62(61)65(64)67(66)68(63)69(55)70/h1-30,33-36,52-53,55,61-69H,31-32,37H2. The molecule has 10 aromatic rings. The summed E-state index contributed by atoms with van der Waals surface area (Å²) < 4.78 is 1.12. The first kappa shape index (κ1) is 39.8. The Labute approximate surface area is 429 Å². The molecule has 344 valence electrons. The Morgan fingerprint density at radius 3 is 1.51 bits per heavy atom. The minimum Gasteiger partial charge on any atom is -0.311 e. The van der Waals surface area contributed by atoms with Crippen molar-refractivity contribution < 1.29 is 0 Å². The number of nitrogens with zero attached hydrogens (tertiary/aromatic N) is 1. The van der Waals surface area contributed by atoms with Crippen molar-refractivity contribution in [3.8, 4) is 44.5 Å². The van der Waals surface area contributed by atoms with Gasteiger partial charge in [-0.1, -0.05) is 174 Å². The quantitative estimate of drug-likeness (QED) is 0.150. The average Bonchev–Trinajstić information content (AvgIpc) is 3.72. The molecule has 0 radical (unpaired) electrons. The zero-order valence-electron chi connectivity index (χ0n) is 40.0. The molecular formula is C70H52BrN. The van der Waals surface area contributed by atoms with Gasteiger partial charge in [0.15, 0.2) is 0 Å². The molecule has 0 amide bonds. The molecule has 8 aliphatic carbocycles. The average molecular weight is 987 g/mol. The molecule has 18 rings (SSSR count). The van der Waals surface area contributed by atoms with E-state index in [9.17, 15) is 0 Å². The molecule has 0 heterocycles. The summed E-state index contributed by atoms with van der Waals surface area (Å²) >= 11 is 3.80. The van der Waals surface area contributed by atoms with Crippen molar-refractivity contribution in [1.29, 1.82) is 0 Å². The first-order valence-corrected chi connectivity index (χ1v) is 27.9. The number of benzene rings is 10. The summed E-state index contributed by atoms with van der Waals surface area (Å²) in [6, 6.07) is 78.1. The van der Waals surface area contributed by atoms with Crippen LogP contribution in [0.4, 0.5) is 17.1 Å². The summed E-state index contributed by atoms with van der Waals surface area (Å²) in [4.78, 5) is 2.43. The summed E-state index contributed by atoms with van der Waals surface area (Å²) in [7, 11) is 0. The number of fused-ring (bicyclic) bond motifs is 27. The lowest BCUT2D eigenvalue weighted by molar-refractivity contribution is -0.448. The van der Waals surface area contributed by atoms with E-state index in [2.05, 4.69) is 227 Å². The highest BCUT2D eigenvalue weighted by Gasteiger charge is 2.89. The second-order valence-corrected chi connectivity index (χ2v) is 24.3. The molecule has 8 aliphatic rings. The van der Waals surface area contributed by atoms with Crippen LogP contribution in [0.3, 0.4) is 0 Å². The van der Waals surface area contributed by atoms with Crippen LogP contribution in [0, 0.1) is 71.0 Å². The maximum absolute atomic E-state index is 3.80. The zero-order valence-corrected chi connectivity index (χ0v) is 41.6. The molecule has 10 aromatic carbocycles. The van der Waals surface area contributed by atoms with Crippen LogP contribution in [0.25, 0.3) is 76.8 Å². The fourth-order valence-corrected chi connectivity index (χ4v) is 19.2. The molecule has 0 aromatic heterocycles. The fraction of sp³-hybridized carbons (Fsp3) is 0.229. The van der Waals surface area contributed by atoms with E-state index in [1.165, 1.54) is 77.7 Å². The van der Waals surface area contributed by atoms with Gasteiger partial charge in [-0.15, -0.1) is 0 Å². The second kappa shape index (κ2) is 14.1. The smallest absolute Gasteiger partial charge is 0.0462 e. The van der Waals surface area contributed by atoms with Gasteiger partial charge in [0.2, 0.25) is 0 Å². The fourth-order valence-electron chi connectivity index (χ4n) is 18.8. The summed E-state index contributed by atoms with van der Waals surface area (Å²) in [5, 5.41) is 8.06. The first-order chi connectivity index (χ1) is 35.6. The lowest BCUT2D eigenvalue weighted by atomic mass is 9.12. The highest BCUT2D eigenvalue weighted by atomic mass is 79.9. The lowest BCUT2D eigenvalue weighted by Crippen LogP contribution is -2.89. The topological polar surface area (TPSA) is 3.24 Å². The third-order valence-corrected chi connectivity index (χ3v) is 22.2. The SMILES string of the molecule is Brc1ccc(-c2ccc(N(c3ccc(-c4ccccc4)cc3)c3ccc(-c4cc5c(c6ccccc46)-c4c(ccc6ccccc46)C54CC5C6C7C8C9C%10CCC%10C9C8C7C6C54)cc3)cc2)c2ccccc12. The molecule has 72 heavy (non-hydrogen) atoms. The zero-order chi connectivity index (χ0) is 46.7. The molecule has 0 N–H and O–H groups in total. The largest absolute Gasteiger partial charge is 0.311 e. The number of anilines is 3. The molecule has 0 saturated heterocycles. The van der Waals surface area contributed by atoms with Gasteiger partial charge in [0.25, 0.3) is 0 Å². The highest BCUT2D eigenvalue weighted by molar-refractivity contribution is 9.10. The van der Waals surface area contributed by atoms with Crippen LogP contribution in [0.1, 0.15) is 30.4 Å². The van der Waals surface area contributed by atoms with Crippen LogP contribution >= 0.6 is 15.9 Å². The Morgan fingerprint density at radius 1 is 0.361 bits per heavy atom. The third kappa shape index (κ3) is 4.79. The van der Waals surface area contributed by atoms with Crippen molar-refractivity contribution in [3.63, 3.8) is 0 Å². The Bertz CT molecular complexity index is 3940. The minimum atomic E-state index is 0.106. The normalized spacial score (nSPS) is 30.7. The van der Waals surface area contributed by atoms with E-state index in [0.29, 0.717) is 0 Å². The van der Waals surface area contributed by atoms with E-state index < -0.39 is 0 Å². The lowest BCUT2D eigenvalue weighted by Gasteiger charge is -2.93. The third-order valence-electron chi connectivity index (χ3n) is 21.5. The predicted octanol–water partition coefficient (Wildman–Crippen LogP) is 18.3. The molecule has 13 atom stereocenters. The van der Waals surface area contributed by atoms with Gasteiger partial charge in [0, 0.05) is 26.9 Å². The molecule has 1 spiro atoms. The van der Waals surface area contributed by atoms with Crippen molar-refractivity contribution in [1.82, 2.24) is 0 Å². The Hall–Kier alpha value is -6.74. The van der Waals surface area contributed by atoms with Crippen LogP contribution < -0.4 is 4.90 Å². The van der Waals surface area contributed by atoms with Crippen molar-refractivity contribution in [2.45, 2.75) is 24.7 Å². The van der Waals surface area contributed by atoms with Gasteiger partial charge < -0.3 is 4.90 Å². The summed E-state index contributed by atoms with van der Waals surface area (Å²) in [5.74, 6) is 12.4. The molecule has 2 heteroatoms. The summed E-state index contributed by atoms with van der Waals surface area (Å²) in [6.45, 7) is 0. The molecule has 1 nitrogen and oxygen atoms in total. The maximum atomic E-state index is 3.80. The molecule has 7 saturated carbocycles. The van der Waals surface area contributed by atoms with Crippen LogP contribution in [-0.2, 0) is 5.41 Å². The Kier molecular flexibility index (Phi) is 7.77.